The Hall–Kier alpha value is -2.37. The largest absolute Gasteiger partial charge is 0.325 e. The van der Waals surface area contributed by atoms with Crippen LogP contribution in [-0.4, -0.2) is 36.3 Å². The number of carbonyl (C=O) groups excluding carboxylic acids is 2. The zero-order chi connectivity index (χ0) is 18.4. The lowest BCUT2D eigenvalue weighted by Gasteiger charge is -2.23. The highest BCUT2D eigenvalue weighted by Crippen LogP contribution is 2.14. The minimum Gasteiger partial charge on any atom is -0.325 e. The van der Waals surface area contributed by atoms with Gasteiger partial charge in [-0.2, -0.15) is 0 Å². The maximum atomic E-state index is 12.3. The molecule has 0 aliphatic carbocycles. The van der Waals surface area contributed by atoms with Crippen LogP contribution in [0.2, 0.25) is 5.02 Å². The quantitative estimate of drug-likeness (QED) is 0.829. The molecule has 0 aliphatic rings. The normalized spacial score (nSPS) is 11.9. The number of rotatable bonds is 6. The van der Waals surface area contributed by atoms with E-state index in [1.807, 2.05) is 31.2 Å². The van der Waals surface area contributed by atoms with Gasteiger partial charge < -0.3 is 10.6 Å². The Bertz CT molecular complexity index is 729. The summed E-state index contributed by atoms with van der Waals surface area (Å²) in [5.74, 6) is -0.356. The molecule has 2 rings (SSSR count). The molecule has 0 fully saturated rings. The van der Waals surface area contributed by atoms with E-state index in [1.165, 1.54) is 0 Å². The Labute approximate surface area is 153 Å². The molecule has 5 nitrogen and oxygen atoms in total. The van der Waals surface area contributed by atoms with Crippen molar-refractivity contribution in [2.45, 2.75) is 19.9 Å². The molecule has 0 bridgehead atoms. The molecule has 2 aromatic rings. The maximum absolute atomic E-state index is 12.3. The van der Waals surface area contributed by atoms with Crippen LogP contribution in [0.15, 0.2) is 48.5 Å². The topological polar surface area (TPSA) is 61.4 Å². The number of anilines is 2. The first-order valence-corrected chi connectivity index (χ1v) is 8.36. The summed E-state index contributed by atoms with van der Waals surface area (Å²) in [6.45, 7) is 3.86. The van der Waals surface area contributed by atoms with Crippen molar-refractivity contribution in [3.05, 3.63) is 59.1 Å². The number of hydrogen-bond donors (Lipinski definition) is 2. The predicted molar refractivity (Wildman–Crippen MR) is 102 cm³/mol. The van der Waals surface area contributed by atoms with E-state index in [2.05, 4.69) is 10.6 Å². The summed E-state index contributed by atoms with van der Waals surface area (Å²) in [5, 5.41) is 6.24. The summed E-state index contributed by atoms with van der Waals surface area (Å²) in [6.07, 6.45) is 0. The summed E-state index contributed by atoms with van der Waals surface area (Å²) >= 11 is 5.83. The molecule has 2 N–H and O–H groups in total. The predicted octanol–water partition coefficient (Wildman–Crippen LogP) is 3.55. The van der Waals surface area contributed by atoms with Crippen LogP contribution in [0.4, 0.5) is 11.4 Å². The van der Waals surface area contributed by atoms with E-state index < -0.39 is 6.04 Å². The van der Waals surface area contributed by atoms with Gasteiger partial charge in [-0.1, -0.05) is 29.3 Å². The number of carbonyl (C=O) groups is 2. The van der Waals surface area contributed by atoms with Crippen molar-refractivity contribution in [2.75, 3.05) is 24.2 Å². The van der Waals surface area contributed by atoms with Gasteiger partial charge in [0.25, 0.3) is 0 Å². The molecule has 0 saturated heterocycles. The number of nitrogens with zero attached hydrogens (tertiary/aromatic N) is 1. The van der Waals surface area contributed by atoms with Crippen LogP contribution in [0.25, 0.3) is 0 Å². The fourth-order valence-corrected chi connectivity index (χ4v) is 2.31. The molecule has 0 radical (unpaired) electrons. The average molecular weight is 360 g/mol. The molecule has 6 heteroatoms. The molecule has 25 heavy (non-hydrogen) atoms. The molecule has 0 unspecified atom stereocenters. The third kappa shape index (κ3) is 5.89. The van der Waals surface area contributed by atoms with E-state index >= 15 is 0 Å². The van der Waals surface area contributed by atoms with E-state index in [0.717, 1.165) is 11.3 Å². The molecular weight excluding hydrogens is 338 g/mol. The van der Waals surface area contributed by atoms with Crippen molar-refractivity contribution in [3.8, 4) is 0 Å². The Kier molecular flexibility index (Phi) is 6.56. The zero-order valence-corrected chi connectivity index (χ0v) is 15.3. The number of aryl methyl sites for hydroxylation is 1. The Morgan fingerprint density at radius 1 is 1.00 bits per heavy atom. The van der Waals surface area contributed by atoms with Crippen molar-refractivity contribution in [3.63, 3.8) is 0 Å². The average Bonchev–Trinajstić information content (AvgIpc) is 2.58. The van der Waals surface area contributed by atoms with Gasteiger partial charge in [0.05, 0.1) is 12.6 Å². The number of hydrogen-bond acceptors (Lipinski definition) is 3. The molecule has 1 atom stereocenters. The summed E-state index contributed by atoms with van der Waals surface area (Å²) in [4.78, 5) is 26.1. The van der Waals surface area contributed by atoms with Gasteiger partial charge in [-0.3, -0.25) is 14.5 Å². The fourth-order valence-electron chi connectivity index (χ4n) is 2.18. The number of likely N-dealkylation sites (N-methyl/N-ethyl adjacent to an activating group) is 1. The molecule has 0 aromatic heterocycles. The fraction of sp³-hybridized carbons (Fsp3) is 0.263. The van der Waals surface area contributed by atoms with Crippen LogP contribution in [0, 0.1) is 6.92 Å². The molecule has 0 heterocycles. The van der Waals surface area contributed by atoms with Crippen LogP contribution >= 0.6 is 11.6 Å². The van der Waals surface area contributed by atoms with Crippen LogP contribution in [0.1, 0.15) is 12.5 Å². The van der Waals surface area contributed by atoms with Crippen molar-refractivity contribution in [1.82, 2.24) is 4.90 Å². The Balaban J connectivity index is 1.86. The van der Waals surface area contributed by atoms with Crippen LogP contribution < -0.4 is 10.6 Å². The lowest BCUT2D eigenvalue weighted by atomic mass is 10.2. The molecule has 0 aliphatic heterocycles. The number of amides is 2. The van der Waals surface area contributed by atoms with Gasteiger partial charge in [0, 0.05) is 16.4 Å². The zero-order valence-electron chi connectivity index (χ0n) is 14.5. The van der Waals surface area contributed by atoms with E-state index in [9.17, 15) is 9.59 Å². The summed E-state index contributed by atoms with van der Waals surface area (Å²) < 4.78 is 0. The first-order chi connectivity index (χ1) is 11.8. The third-order valence-electron chi connectivity index (χ3n) is 3.88. The van der Waals surface area contributed by atoms with Crippen LogP contribution in [-0.2, 0) is 9.59 Å². The highest BCUT2D eigenvalue weighted by Gasteiger charge is 2.20. The number of halogens is 1. The summed E-state index contributed by atoms with van der Waals surface area (Å²) in [5.41, 5.74) is 2.53. The summed E-state index contributed by atoms with van der Waals surface area (Å²) in [7, 11) is 1.74. The summed E-state index contributed by atoms with van der Waals surface area (Å²) in [6, 6.07) is 14.0. The van der Waals surface area contributed by atoms with Gasteiger partial charge in [0.1, 0.15) is 0 Å². The third-order valence-corrected chi connectivity index (χ3v) is 4.13. The lowest BCUT2D eigenvalue weighted by Crippen LogP contribution is -2.43. The first kappa shape index (κ1) is 19.0. The molecule has 0 saturated carbocycles. The molecule has 2 aromatic carbocycles. The molecule has 132 valence electrons. The van der Waals surface area contributed by atoms with Crippen molar-refractivity contribution < 1.29 is 9.59 Å². The van der Waals surface area contributed by atoms with Crippen LogP contribution in [0.5, 0.6) is 0 Å². The monoisotopic (exact) mass is 359 g/mol. The van der Waals surface area contributed by atoms with E-state index in [0.29, 0.717) is 10.7 Å². The SMILES string of the molecule is Cc1ccc(NC(=O)CN(C)[C@H](C)C(=O)Nc2ccc(Cl)cc2)cc1. The lowest BCUT2D eigenvalue weighted by molar-refractivity contribution is -0.122. The Morgan fingerprint density at radius 3 is 2.12 bits per heavy atom. The number of nitrogens with one attached hydrogen (secondary N) is 2. The van der Waals surface area contributed by atoms with E-state index in [1.54, 1.807) is 43.1 Å². The van der Waals surface area contributed by atoms with Gasteiger partial charge in [-0.05, 0) is 57.3 Å². The van der Waals surface area contributed by atoms with Gasteiger partial charge >= 0.3 is 0 Å². The minimum atomic E-state index is -0.459. The highest BCUT2D eigenvalue weighted by atomic mass is 35.5. The number of benzene rings is 2. The molecular formula is C19H22ClN3O2. The van der Waals surface area contributed by atoms with Crippen LogP contribution in [0.3, 0.4) is 0 Å². The highest BCUT2D eigenvalue weighted by molar-refractivity contribution is 6.30. The van der Waals surface area contributed by atoms with E-state index in [-0.39, 0.29) is 18.4 Å². The molecule has 2 amide bonds. The van der Waals surface area contributed by atoms with Crippen molar-refractivity contribution in [1.29, 1.82) is 0 Å². The van der Waals surface area contributed by atoms with Gasteiger partial charge in [0.2, 0.25) is 11.8 Å². The smallest absolute Gasteiger partial charge is 0.241 e. The standard InChI is InChI=1S/C19H22ClN3O2/c1-13-4-8-16(9-5-13)21-18(24)12-23(3)14(2)19(25)22-17-10-6-15(20)7-11-17/h4-11,14H,12H2,1-3H3,(H,21,24)(H,22,25)/t14-/m1/s1. The van der Waals surface area contributed by atoms with Gasteiger partial charge in [0.15, 0.2) is 0 Å². The second kappa shape index (κ2) is 8.65. The maximum Gasteiger partial charge on any atom is 0.241 e. The second-order valence-electron chi connectivity index (χ2n) is 6.00. The minimum absolute atomic E-state index is 0.114. The van der Waals surface area contributed by atoms with Crippen molar-refractivity contribution >= 4 is 34.8 Å². The Morgan fingerprint density at radius 2 is 1.52 bits per heavy atom. The van der Waals surface area contributed by atoms with E-state index in [4.69, 9.17) is 11.6 Å². The first-order valence-electron chi connectivity index (χ1n) is 7.98. The van der Waals surface area contributed by atoms with Crippen molar-refractivity contribution in [2.24, 2.45) is 0 Å². The van der Waals surface area contributed by atoms with Gasteiger partial charge in [-0.25, -0.2) is 0 Å². The molecule has 0 spiro atoms. The second-order valence-corrected chi connectivity index (χ2v) is 6.44. The van der Waals surface area contributed by atoms with Gasteiger partial charge in [-0.15, -0.1) is 0 Å².